The van der Waals surface area contributed by atoms with Crippen molar-refractivity contribution in [2.45, 2.75) is 20.0 Å². The van der Waals surface area contributed by atoms with Gasteiger partial charge in [-0.1, -0.05) is 31.2 Å². The van der Waals surface area contributed by atoms with Crippen molar-refractivity contribution in [3.8, 4) is 0 Å². The lowest BCUT2D eigenvalue weighted by Gasteiger charge is -2.34. The lowest BCUT2D eigenvalue weighted by atomic mass is 10.1. The van der Waals surface area contributed by atoms with Crippen molar-refractivity contribution < 1.29 is 4.79 Å². The van der Waals surface area contributed by atoms with Crippen LogP contribution in [0.1, 0.15) is 28.4 Å². The Balaban J connectivity index is 1.47. The highest BCUT2D eigenvalue weighted by atomic mass is 16.1. The van der Waals surface area contributed by atoms with Gasteiger partial charge in [0.1, 0.15) is 0 Å². The lowest BCUT2D eigenvalue weighted by Crippen LogP contribution is -2.45. The first-order chi connectivity index (χ1) is 13.5. The number of benzene rings is 2. The number of carbonyl (C=O) groups excluding carboxylic acids is 1. The Morgan fingerprint density at radius 3 is 2.04 bits per heavy atom. The van der Waals surface area contributed by atoms with Gasteiger partial charge in [0.2, 0.25) is 0 Å². The predicted octanol–water partition coefficient (Wildman–Crippen LogP) is 2.82. The Morgan fingerprint density at radius 2 is 1.46 bits per heavy atom. The second-order valence-corrected chi connectivity index (χ2v) is 7.65. The van der Waals surface area contributed by atoms with E-state index < -0.39 is 0 Å². The number of likely N-dealkylation sites (N-methyl/N-ethyl adjacent to an activating group) is 1. The summed E-state index contributed by atoms with van der Waals surface area (Å²) in [6, 6.07) is 16.3. The average molecular weight is 381 g/mol. The number of hydrogen-bond acceptors (Lipinski definition) is 4. The molecule has 2 aromatic rings. The van der Waals surface area contributed by atoms with E-state index in [0.29, 0.717) is 12.1 Å². The van der Waals surface area contributed by atoms with Crippen molar-refractivity contribution in [1.82, 2.24) is 15.1 Å². The molecule has 1 aliphatic rings. The molecular formula is C23H32N4O. The Morgan fingerprint density at radius 1 is 0.893 bits per heavy atom. The van der Waals surface area contributed by atoms with E-state index in [1.807, 2.05) is 43.3 Å². The number of piperazine rings is 1. The van der Waals surface area contributed by atoms with Crippen LogP contribution >= 0.6 is 0 Å². The van der Waals surface area contributed by atoms with Gasteiger partial charge in [-0.25, -0.2) is 0 Å². The number of rotatable bonds is 7. The number of carbonyl (C=O) groups is 1. The number of nitrogens with zero attached hydrogens (tertiary/aromatic N) is 3. The first-order valence-corrected chi connectivity index (χ1v) is 10.1. The van der Waals surface area contributed by atoms with E-state index in [4.69, 9.17) is 0 Å². The van der Waals surface area contributed by atoms with Gasteiger partial charge in [-0.3, -0.25) is 9.69 Å². The summed E-state index contributed by atoms with van der Waals surface area (Å²) < 4.78 is 0. The maximum atomic E-state index is 12.3. The van der Waals surface area contributed by atoms with Crippen LogP contribution in [0.5, 0.6) is 0 Å². The Kier molecular flexibility index (Phi) is 7.06. The molecule has 0 unspecified atom stereocenters. The van der Waals surface area contributed by atoms with E-state index in [0.717, 1.165) is 50.5 Å². The number of anilines is 1. The summed E-state index contributed by atoms with van der Waals surface area (Å²) in [5.41, 5.74) is 4.23. The van der Waals surface area contributed by atoms with E-state index in [1.165, 1.54) is 5.56 Å². The first-order valence-electron chi connectivity index (χ1n) is 10.1. The Hall–Kier alpha value is -2.37. The highest BCUT2D eigenvalue weighted by molar-refractivity contribution is 5.94. The molecule has 3 rings (SSSR count). The third-order valence-corrected chi connectivity index (χ3v) is 5.44. The maximum Gasteiger partial charge on any atom is 0.251 e. The summed E-state index contributed by atoms with van der Waals surface area (Å²) in [7, 11) is 3.98. The summed E-state index contributed by atoms with van der Waals surface area (Å²) in [4.78, 5) is 19.4. The molecule has 5 heteroatoms. The number of hydrogen-bond donors (Lipinski definition) is 1. The summed E-state index contributed by atoms with van der Waals surface area (Å²) in [6.07, 6.45) is 0. The quantitative estimate of drug-likeness (QED) is 0.802. The Labute approximate surface area is 168 Å². The first kappa shape index (κ1) is 20.4. The zero-order valence-corrected chi connectivity index (χ0v) is 17.3. The molecule has 0 aliphatic carbocycles. The van der Waals surface area contributed by atoms with E-state index >= 15 is 0 Å². The summed E-state index contributed by atoms with van der Waals surface area (Å²) >= 11 is 0. The van der Waals surface area contributed by atoms with Crippen molar-refractivity contribution in [2.24, 2.45) is 0 Å². The zero-order valence-electron chi connectivity index (χ0n) is 17.3. The van der Waals surface area contributed by atoms with E-state index in [9.17, 15) is 4.79 Å². The minimum atomic E-state index is -0.0387. The van der Waals surface area contributed by atoms with Crippen molar-refractivity contribution in [3.05, 3.63) is 65.2 Å². The van der Waals surface area contributed by atoms with Crippen molar-refractivity contribution in [1.29, 1.82) is 0 Å². The van der Waals surface area contributed by atoms with Crippen LogP contribution in [-0.4, -0.2) is 62.5 Å². The van der Waals surface area contributed by atoms with Crippen LogP contribution in [0.2, 0.25) is 0 Å². The fourth-order valence-electron chi connectivity index (χ4n) is 3.48. The van der Waals surface area contributed by atoms with Gasteiger partial charge in [0.15, 0.2) is 0 Å². The lowest BCUT2D eigenvalue weighted by molar-refractivity contribution is 0.0951. The van der Waals surface area contributed by atoms with Gasteiger partial charge in [-0.05, 0) is 41.9 Å². The second kappa shape index (κ2) is 9.71. The monoisotopic (exact) mass is 380 g/mol. The minimum absolute atomic E-state index is 0.0387. The largest absolute Gasteiger partial charge is 0.378 e. The second-order valence-electron chi connectivity index (χ2n) is 7.65. The Bertz CT molecular complexity index is 747. The molecule has 0 saturated carbocycles. The molecule has 5 nitrogen and oxygen atoms in total. The molecule has 2 aromatic carbocycles. The van der Waals surface area contributed by atoms with Gasteiger partial charge in [0.25, 0.3) is 5.91 Å². The minimum Gasteiger partial charge on any atom is -0.378 e. The highest BCUT2D eigenvalue weighted by Crippen LogP contribution is 2.13. The molecule has 150 valence electrons. The molecule has 1 aliphatic heterocycles. The van der Waals surface area contributed by atoms with Crippen molar-refractivity contribution in [2.75, 3.05) is 51.7 Å². The van der Waals surface area contributed by atoms with Crippen LogP contribution in [0.25, 0.3) is 0 Å². The van der Waals surface area contributed by atoms with Gasteiger partial charge in [0.05, 0.1) is 0 Å². The van der Waals surface area contributed by atoms with Gasteiger partial charge in [0, 0.05) is 64.6 Å². The molecule has 1 fully saturated rings. The SMILES string of the molecule is CCN1CCN(Cc2ccc(CNC(=O)c3ccc(N(C)C)cc3)cc2)CC1. The molecule has 0 atom stereocenters. The molecule has 0 spiro atoms. The average Bonchev–Trinajstić information content (AvgIpc) is 2.73. The fraction of sp³-hybridized carbons (Fsp3) is 0.435. The molecule has 0 bridgehead atoms. The van der Waals surface area contributed by atoms with Gasteiger partial charge in [-0.15, -0.1) is 0 Å². The van der Waals surface area contributed by atoms with Crippen LogP contribution < -0.4 is 10.2 Å². The van der Waals surface area contributed by atoms with E-state index in [1.54, 1.807) is 0 Å². The third-order valence-electron chi connectivity index (χ3n) is 5.44. The van der Waals surface area contributed by atoms with Crippen LogP contribution in [0, 0.1) is 0 Å². The summed E-state index contributed by atoms with van der Waals surface area (Å²) in [5, 5.41) is 3.01. The van der Waals surface area contributed by atoms with Gasteiger partial charge in [-0.2, -0.15) is 0 Å². The van der Waals surface area contributed by atoms with Gasteiger partial charge < -0.3 is 15.1 Å². The third kappa shape index (κ3) is 5.57. The standard InChI is InChI=1S/C23H32N4O/c1-4-26-13-15-27(16-14-26)18-20-7-5-19(6-8-20)17-24-23(28)21-9-11-22(12-10-21)25(2)3/h5-12H,4,13-18H2,1-3H3,(H,24,28). The number of nitrogens with one attached hydrogen (secondary N) is 1. The molecule has 0 radical (unpaired) electrons. The number of amides is 1. The highest BCUT2D eigenvalue weighted by Gasteiger charge is 2.15. The normalized spacial score (nSPS) is 15.4. The van der Waals surface area contributed by atoms with Crippen LogP contribution in [0.3, 0.4) is 0 Å². The fourth-order valence-corrected chi connectivity index (χ4v) is 3.48. The van der Waals surface area contributed by atoms with Crippen LogP contribution in [0.4, 0.5) is 5.69 Å². The topological polar surface area (TPSA) is 38.8 Å². The molecule has 0 aromatic heterocycles. The molecule has 28 heavy (non-hydrogen) atoms. The molecular weight excluding hydrogens is 348 g/mol. The molecule has 1 amide bonds. The van der Waals surface area contributed by atoms with Crippen LogP contribution in [0.15, 0.2) is 48.5 Å². The smallest absolute Gasteiger partial charge is 0.251 e. The summed E-state index contributed by atoms with van der Waals surface area (Å²) in [6.45, 7) is 9.52. The van der Waals surface area contributed by atoms with E-state index in [-0.39, 0.29) is 5.91 Å². The molecule has 1 heterocycles. The maximum absolute atomic E-state index is 12.3. The van der Waals surface area contributed by atoms with Crippen LogP contribution in [-0.2, 0) is 13.1 Å². The summed E-state index contributed by atoms with van der Waals surface area (Å²) in [5.74, 6) is -0.0387. The predicted molar refractivity (Wildman–Crippen MR) is 116 cm³/mol. The van der Waals surface area contributed by atoms with Crippen molar-refractivity contribution >= 4 is 11.6 Å². The van der Waals surface area contributed by atoms with E-state index in [2.05, 4.69) is 46.3 Å². The van der Waals surface area contributed by atoms with Gasteiger partial charge >= 0.3 is 0 Å². The molecule has 1 saturated heterocycles. The zero-order chi connectivity index (χ0) is 19.9. The van der Waals surface area contributed by atoms with Crippen molar-refractivity contribution in [3.63, 3.8) is 0 Å². The molecule has 1 N–H and O–H groups in total.